The normalized spacial score (nSPS) is 23.0. The highest BCUT2D eigenvalue weighted by molar-refractivity contribution is 7.71. The van der Waals surface area contributed by atoms with Gasteiger partial charge in [-0.15, -0.1) is 5.10 Å². The third-order valence-corrected chi connectivity index (χ3v) is 5.25. The predicted octanol–water partition coefficient (Wildman–Crippen LogP) is 0.0751. The van der Waals surface area contributed by atoms with Gasteiger partial charge in [0, 0.05) is 19.0 Å². The molecule has 7 nitrogen and oxygen atoms in total. The molecule has 0 saturated carbocycles. The zero-order chi connectivity index (χ0) is 18.1. The molecular weight excluding hydrogens is 340 g/mol. The summed E-state index contributed by atoms with van der Waals surface area (Å²) in [5.74, 6) is 0.477. The molecule has 1 aliphatic rings. The molecule has 0 bridgehead atoms. The molecule has 25 heavy (non-hydrogen) atoms. The first-order valence-corrected chi connectivity index (χ1v) is 8.63. The number of aliphatic hydroxyl groups excluding tert-OH is 1. The number of methoxy groups -OCH3 is 1. The Kier molecular flexibility index (Phi) is 5.03. The number of rotatable bonds is 4. The number of aliphatic hydroxyl groups is 1. The van der Waals surface area contributed by atoms with Gasteiger partial charge in [0.2, 0.25) is 4.77 Å². The van der Waals surface area contributed by atoms with Crippen LogP contribution >= 0.6 is 12.2 Å². The molecule has 8 heteroatoms. The highest BCUT2D eigenvalue weighted by atomic mass is 32.1. The van der Waals surface area contributed by atoms with Gasteiger partial charge in [-0.3, -0.25) is 0 Å². The molecule has 1 aromatic carbocycles. The van der Waals surface area contributed by atoms with Gasteiger partial charge in [0.1, 0.15) is 12.6 Å². The zero-order valence-electron chi connectivity index (χ0n) is 14.6. The number of carbonyl (C=O) groups is 1. The van der Waals surface area contributed by atoms with Crippen LogP contribution in [0.4, 0.5) is 0 Å². The minimum atomic E-state index is -0.521. The molecule has 134 valence electrons. The van der Waals surface area contributed by atoms with Crippen molar-refractivity contribution in [1.82, 2.24) is 14.3 Å². The number of aromatic nitrogens is 3. The van der Waals surface area contributed by atoms with E-state index in [1.54, 1.807) is 4.68 Å². The van der Waals surface area contributed by atoms with Crippen molar-refractivity contribution in [1.29, 1.82) is 0 Å². The Morgan fingerprint density at radius 1 is 1.48 bits per heavy atom. The molecule has 1 unspecified atom stereocenters. The Morgan fingerprint density at radius 3 is 2.88 bits per heavy atom. The predicted molar refractivity (Wildman–Crippen MR) is 94.5 cm³/mol. The first-order chi connectivity index (χ1) is 11.9. The summed E-state index contributed by atoms with van der Waals surface area (Å²) in [7, 11) is 3.26. The summed E-state index contributed by atoms with van der Waals surface area (Å²) >= 11 is 5.53. The van der Waals surface area contributed by atoms with Gasteiger partial charge in [-0.05, 0) is 24.7 Å². The monoisotopic (exact) mass is 363 g/mol. The van der Waals surface area contributed by atoms with Crippen molar-refractivity contribution < 1.29 is 19.5 Å². The fraction of sp³-hybridized carbons (Fsp3) is 0.471. The number of likely N-dealkylation sites (tertiary alicyclic amines) is 1. The van der Waals surface area contributed by atoms with Crippen LogP contribution in [0.25, 0.3) is 11.4 Å². The summed E-state index contributed by atoms with van der Waals surface area (Å²) < 4.78 is 9.04. The minimum Gasteiger partial charge on any atom is -0.465 e. The Balaban J connectivity index is 1.92. The standard InChI is InChI=1S/C17H22N4O3S/c1-11-6-4-5-7-13(11)15-18-21(17(25)19(15)2)10-20-9-12(22)8-14(20)16(23)24-3/h4-7,12,14,22H,8-10H2,1-3H3/p+1/t12-,14-/m0/s1. The summed E-state index contributed by atoms with van der Waals surface area (Å²) in [5, 5.41) is 14.6. The molecule has 1 fully saturated rings. The number of hydrogen-bond acceptors (Lipinski definition) is 5. The number of nitrogens with zero attached hydrogens (tertiary/aromatic N) is 3. The van der Waals surface area contributed by atoms with E-state index in [-0.39, 0.29) is 5.97 Å². The maximum Gasteiger partial charge on any atom is 0.364 e. The molecule has 2 heterocycles. The summed E-state index contributed by atoms with van der Waals surface area (Å²) in [6.45, 7) is 2.92. The number of benzene rings is 1. The number of nitrogens with one attached hydrogen (secondary N) is 1. The van der Waals surface area contributed by atoms with Crippen LogP contribution in [0.1, 0.15) is 12.0 Å². The lowest BCUT2D eigenvalue weighted by Crippen LogP contribution is -3.14. The number of quaternary nitrogens is 1. The SMILES string of the molecule is COC(=O)[C@@H]1C[C@H](O)C[NH+]1Cn1nc(-c2ccccc2C)n(C)c1=S. The second kappa shape index (κ2) is 7.07. The van der Waals surface area contributed by atoms with Crippen molar-refractivity contribution in [3.05, 3.63) is 34.6 Å². The van der Waals surface area contributed by atoms with Gasteiger partial charge in [-0.2, -0.15) is 4.68 Å². The molecule has 0 amide bonds. The first-order valence-electron chi connectivity index (χ1n) is 8.22. The number of esters is 1. The lowest BCUT2D eigenvalue weighted by Gasteiger charge is -2.18. The molecular formula is C17H23N4O3S+. The van der Waals surface area contributed by atoms with E-state index in [0.717, 1.165) is 21.9 Å². The third kappa shape index (κ3) is 3.37. The lowest BCUT2D eigenvalue weighted by atomic mass is 10.1. The summed E-state index contributed by atoms with van der Waals surface area (Å²) in [6, 6.07) is 7.61. The van der Waals surface area contributed by atoms with E-state index in [1.807, 2.05) is 42.8 Å². The Bertz CT molecular complexity index is 845. The van der Waals surface area contributed by atoms with Crippen LogP contribution in [0.5, 0.6) is 0 Å². The van der Waals surface area contributed by atoms with Gasteiger partial charge in [0.05, 0.1) is 7.11 Å². The fourth-order valence-corrected chi connectivity index (χ4v) is 3.58. The second-order valence-electron chi connectivity index (χ2n) is 6.47. The molecule has 1 aliphatic heterocycles. The van der Waals surface area contributed by atoms with E-state index in [0.29, 0.717) is 24.4 Å². The number of aryl methyl sites for hydroxylation is 1. The molecule has 3 atom stereocenters. The van der Waals surface area contributed by atoms with Crippen molar-refractivity contribution in [3.8, 4) is 11.4 Å². The van der Waals surface area contributed by atoms with Gasteiger partial charge < -0.3 is 19.3 Å². The maximum absolute atomic E-state index is 12.0. The van der Waals surface area contributed by atoms with E-state index >= 15 is 0 Å². The Morgan fingerprint density at radius 2 is 2.20 bits per heavy atom. The largest absolute Gasteiger partial charge is 0.465 e. The number of hydrogen-bond donors (Lipinski definition) is 2. The van der Waals surface area contributed by atoms with E-state index in [1.165, 1.54) is 7.11 Å². The van der Waals surface area contributed by atoms with Gasteiger partial charge in [0.15, 0.2) is 18.5 Å². The van der Waals surface area contributed by atoms with Crippen molar-refractivity contribution in [3.63, 3.8) is 0 Å². The molecule has 2 N–H and O–H groups in total. The van der Waals surface area contributed by atoms with Crippen molar-refractivity contribution in [2.45, 2.75) is 32.2 Å². The molecule has 2 aromatic rings. The zero-order valence-corrected chi connectivity index (χ0v) is 15.4. The van der Waals surface area contributed by atoms with E-state index in [4.69, 9.17) is 17.0 Å². The van der Waals surface area contributed by atoms with Crippen molar-refractivity contribution in [2.75, 3.05) is 13.7 Å². The van der Waals surface area contributed by atoms with E-state index < -0.39 is 12.1 Å². The number of ether oxygens (including phenoxy) is 1. The smallest absolute Gasteiger partial charge is 0.364 e. The van der Waals surface area contributed by atoms with Gasteiger partial charge in [0.25, 0.3) is 0 Å². The highest BCUT2D eigenvalue weighted by Crippen LogP contribution is 2.21. The van der Waals surface area contributed by atoms with Crippen LogP contribution in [-0.2, 0) is 23.2 Å². The summed E-state index contributed by atoms with van der Waals surface area (Å²) in [6.07, 6.45) is -0.125. The maximum atomic E-state index is 12.0. The van der Waals surface area contributed by atoms with Gasteiger partial charge in [-0.1, -0.05) is 24.3 Å². The Hall–Kier alpha value is -2.03. The summed E-state index contributed by atoms with van der Waals surface area (Å²) in [4.78, 5) is 12.9. The van der Waals surface area contributed by atoms with Crippen LogP contribution < -0.4 is 4.90 Å². The molecule has 0 spiro atoms. The molecule has 3 rings (SSSR count). The summed E-state index contributed by atoms with van der Waals surface area (Å²) in [5.41, 5.74) is 2.14. The van der Waals surface area contributed by atoms with Crippen LogP contribution in [0.15, 0.2) is 24.3 Å². The fourth-order valence-electron chi connectivity index (χ4n) is 3.39. The van der Waals surface area contributed by atoms with Crippen LogP contribution in [-0.4, -0.2) is 51.2 Å². The second-order valence-corrected chi connectivity index (χ2v) is 6.83. The van der Waals surface area contributed by atoms with E-state index in [2.05, 4.69) is 5.10 Å². The average Bonchev–Trinajstić information content (AvgIpc) is 3.09. The lowest BCUT2D eigenvalue weighted by molar-refractivity contribution is -0.928. The van der Waals surface area contributed by atoms with Crippen molar-refractivity contribution >= 4 is 18.2 Å². The van der Waals surface area contributed by atoms with E-state index in [9.17, 15) is 9.90 Å². The molecule has 1 saturated heterocycles. The third-order valence-electron chi connectivity index (χ3n) is 4.76. The minimum absolute atomic E-state index is 0.312. The van der Waals surface area contributed by atoms with Gasteiger partial charge in [-0.25, -0.2) is 4.79 Å². The van der Waals surface area contributed by atoms with Gasteiger partial charge >= 0.3 is 5.97 Å². The molecule has 1 aromatic heterocycles. The van der Waals surface area contributed by atoms with Crippen molar-refractivity contribution in [2.24, 2.45) is 7.05 Å². The quantitative estimate of drug-likeness (QED) is 0.594. The van der Waals surface area contributed by atoms with Crippen LogP contribution in [0.2, 0.25) is 0 Å². The molecule has 0 aliphatic carbocycles. The topological polar surface area (TPSA) is 73.7 Å². The molecule has 0 radical (unpaired) electrons. The Labute approximate surface area is 151 Å². The average molecular weight is 363 g/mol. The highest BCUT2D eigenvalue weighted by Gasteiger charge is 2.41. The van der Waals surface area contributed by atoms with Crippen LogP contribution in [0.3, 0.4) is 0 Å². The first kappa shape index (κ1) is 17.8. The number of carbonyl (C=O) groups excluding carboxylic acids is 1. The van der Waals surface area contributed by atoms with Crippen LogP contribution in [0, 0.1) is 11.7 Å².